The lowest BCUT2D eigenvalue weighted by Crippen LogP contribution is -2.47. The number of nitrogens with one attached hydrogen (secondary N) is 1. The molecule has 1 atom stereocenters. The number of nitrogens with zero attached hydrogens (tertiary/aromatic N) is 1. The first kappa shape index (κ1) is 18.8. The number of methoxy groups -OCH3 is 1. The van der Waals surface area contributed by atoms with Crippen molar-refractivity contribution < 1.29 is 31.8 Å². The molecule has 2 fully saturated rings. The number of rotatable bonds is 5. The molecule has 1 aromatic rings. The first-order valence-electron chi connectivity index (χ1n) is 8.40. The van der Waals surface area contributed by atoms with E-state index in [-0.39, 0.29) is 6.04 Å². The molecule has 1 aromatic carbocycles. The second-order valence-electron chi connectivity index (χ2n) is 6.60. The zero-order valence-corrected chi connectivity index (χ0v) is 14.2. The number of ether oxygens (including phenoxy) is 2. The number of alkyl halides is 3. The van der Waals surface area contributed by atoms with Crippen molar-refractivity contribution in [2.75, 3.05) is 20.2 Å². The fourth-order valence-electron chi connectivity index (χ4n) is 3.50. The molecule has 0 aromatic heterocycles. The average molecular weight is 376 g/mol. The Balaban J connectivity index is 1.89. The third-order valence-electron chi connectivity index (χ3n) is 4.89. The van der Waals surface area contributed by atoms with Crippen molar-refractivity contribution in [3.8, 4) is 5.75 Å². The lowest BCUT2D eigenvalue weighted by atomic mass is 10.0. The van der Waals surface area contributed by atoms with E-state index in [0.29, 0.717) is 24.9 Å². The summed E-state index contributed by atoms with van der Waals surface area (Å²) in [7, 11) is 1.26. The van der Waals surface area contributed by atoms with Gasteiger partial charge in [0.1, 0.15) is 0 Å². The Morgan fingerprint density at radius 1 is 1.38 bits per heavy atom. The van der Waals surface area contributed by atoms with Crippen LogP contribution in [0.1, 0.15) is 31.2 Å². The molecular formula is C17H20F4N2O3. The van der Waals surface area contributed by atoms with E-state index in [2.05, 4.69) is 10.1 Å². The molecule has 1 N–H and O–H groups in total. The van der Waals surface area contributed by atoms with Crippen LogP contribution in [0.4, 0.5) is 22.4 Å². The number of hydrogen-bond donors (Lipinski definition) is 1. The van der Waals surface area contributed by atoms with E-state index >= 15 is 0 Å². The topological polar surface area (TPSA) is 50.8 Å². The van der Waals surface area contributed by atoms with Crippen molar-refractivity contribution in [2.45, 2.75) is 43.6 Å². The van der Waals surface area contributed by atoms with Gasteiger partial charge in [-0.2, -0.15) is 0 Å². The fraction of sp³-hybridized carbons (Fsp3) is 0.588. The van der Waals surface area contributed by atoms with Crippen LogP contribution in [0, 0.1) is 5.82 Å². The number of carbonyl (C=O) groups excluding carboxylic acids is 1. The number of hydrogen-bond acceptors (Lipinski definition) is 4. The van der Waals surface area contributed by atoms with Gasteiger partial charge in [-0.15, -0.1) is 13.2 Å². The number of amides is 1. The first-order valence-corrected chi connectivity index (χ1v) is 8.40. The van der Waals surface area contributed by atoms with Gasteiger partial charge >= 0.3 is 12.5 Å². The molecule has 2 aliphatic rings. The maximum atomic E-state index is 13.7. The lowest BCUT2D eigenvalue weighted by molar-refractivity contribution is -0.275. The Kier molecular flexibility index (Phi) is 5.01. The zero-order chi connectivity index (χ0) is 18.9. The molecule has 9 heteroatoms. The predicted octanol–water partition coefficient (Wildman–Crippen LogP) is 3.53. The number of benzene rings is 1. The summed E-state index contributed by atoms with van der Waals surface area (Å²) < 4.78 is 59.9. The minimum absolute atomic E-state index is 0.0953. The fourth-order valence-corrected chi connectivity index (χ4v) is 3.50. The summed E-state index contributed by atoms with van der Waals surface area (Å²) in [5, 5.41) is 3.29. The highest BCUT2D eigenvalue weighted by molar-refractivity contribution is 5.70. The van der Waals surface area contributed by atoms with Gasteiger partial charge in [-0.3, -0.25) is 4.90 Å². The van der Waals surface area contributed by atoms with E-state index in [0.717, 1.165) is 31.5 Å². The largest absolute Gasteiger partial charge is 0.573 e. The normalized spacial score (nSPS) is 21.3. The summed E-state index contributed by atoms with van der Waals surface area (Å²) in [6.45, 7) is 1.23. The maximum absolute atomic E-state index is 13.7. The first-order chi connectivity index (χ1) is 12.2. The maximum Gasteiger partial charge on any atom is 0.573 e. The van der Waals surface area contributed by atoms with Crippen molar-refractivity contribution in [2.24, 2.45) is 0 Å². The van der Waals surface area contributed by atoms with Gasteiger partial charge in [0.2, 0.25) is 0 Å². The van der Waals surface area contributed by atoms with E-state index in [1.807, 2.05) is 0 Å². The van der Waals surface area contributed by atoms with Crippen LogP contribution < -0.4 is 10.1 Å². The Hall–Kier alpha value is -2.03. The second kappa shape index (κ2) is 6.94. The van der Waals surface area contributed by atoms with E-state index < -0.39 is 29.6 Å². The zero-order valence-electron chi connectivity index (χ0n) is 14.2. The Morgan fingerprint density at radius 3 is 2.65 bits per heavy atom. The van der Waals surface area contributed by atoms with Crippen LogP contribution in [0.25, 0.3) is 0 Å². The highest BCUT2D eigenvalue weighted by atomic mass is 19.4. The van der Waals surface area contributed by atoms with Crippen LogP contribution in [0.3, 0.4) is 0 Å². The second-order valence-corrected chi connectivity index (χ2v) is 6.60. The van der Waals surface area contributed by atoms with E-state index in [1.165, 1.54) is 18.1 Å². The SMILES string of the molecule is COC(=O)N(C[C@H]1CCCN1)C1(c2ccc(F)c(OC(F)(F)F)c2)CC1. The molecule has 1 saturated carbocycles. The quantitative estimate of drug-likeness (QED) is 0.799. The molecule has 0 unspecified atom stereocenters. The highest BCUT2D eigenvalue weighted by Gasteiger charge is 2.53. The van der Waals surface area contributed by atoms with Gasteiger partial charge in [-0.25, -0.2) is 9.18 Å². The van der Waals surface area contributed by atoms with Crippen LogP contribution in [0.15, 0.2) is 18.2 Å². The van der Waals surface area contributed by atoms with Gasteiger partial charge in [-0.05, 0) is 49.9 Å². The molecule has 1 heterocycles. The smallest absolute Gasteiger partial charge is 0.453 e. The molecule has 0 spiro atoms. The lowest BCUT2D eigenvalue weighted by Gasteiger charge is -2.33. The number of halogens is 4. The molecule has 1 amide bonds. The van der Waals surface area contributed by atoms with Gasteiger partial charge in [0, 0.05) is 12.6 Å². The molecule has 0 bridgehead atoms. The molecule has 1 aliphatic heterocycles. The molecule has 3 rings (SSSR count). The van der Waals surface area contributed by atoms with Crippen molar-refractivity contribution in [3.05, 3.63) is 29.6 Å². The molecule has 1 saturated heterocycles. The summed E-state index contributed by atoms with van der Waals surface area (Å²) in [5.74, 6) is -2.01. The van der Waals surface area contributed by atoms with Crippen LogP contribution in [0.2, 0.25) is 0 Å². The van der Waals surface area contributed by atoms with Gasteiger partial charge in [0.25, 0.3) is 0 Å². The van der Waals surface area contributed by atoms with Gasteiger partial charge < -0.3 is 14.8 Å². The summed E-state index contributed by atoms with van der Waals surface area (Å²) in [6, 6.07) is 3.44. The minimum Gasteiger partial charge on any atom is -0.453 e. The Morgan fingerprint density at radius 2 is 2.12 bits per heavy atom. The minimum atomic E-state index is -4.99. The third-order valence-corrected chi connectivity index (χ3v) is 4.89. The van der Waals surface area contributed by atoms with Crippen LogP contribution in [-0.2, 0) is 10.3 Å². The summed E-state index contributed by atoms with van der Waals surface area (Å²) in [6.07, 6.45) is -2.54. The number of carbonyl (C=O) groups is 1. The summed E-state index contributed by atoms with van der Waals surface area (Å²) >= 11 is 0. The third kappa shape index (κ3) is 3.87. The predicted molar refractivity (Wildman–Crippen MR) is 84.1 cm³/mol. The van der Waals surface area contributed by atoms with Gasteiger partial charge in [0.15, 0.2) is 11.6 Å². The summed E-state index contributed by atoms with van der Waals surface area (Å²) in [4.78, 5) is 13.9. The van der Waals surface area contributed by atoms with E-state index in [4.69, 9.17) is 4.74 Å². The van der Waals surface area contributed by atoms with Crippen molar-refractivity contribution in [1.82, 2.24) is 10.2 Å². The monoisotopic (exact) mass is 376 g/mol. The van der Waals surface area contributed by atoms with Crippen molar-refractivity contribution >= 4 is 6.09 Å². The molecule has 26 heavy (non-hydrogen) atoms. The highest BCUT2D eigenvalue weighted by Crippen LogP contribution is 2.52. The average Bonchev–Trinajstić information content (AvgIpc) is 3.21. The van der Waals surface area contributed by atoms with Crippen LogP contribution >= 0.6 is 0 Å². The molecule has 0 radical (unpaired) electrons. The van der Waals surface area contributed by atoms with Gasteiger partial charge in [-0.1, -0.05) is 6.07 Å². The standard InChI is InChI=1S/C17H20F4N2O3/c1-25-15(24)23(10-12-3-2-8-22-12)16(6-7-16)11-4-5-13(18)14(9-11)26-17(19,20)21/h4-5,9,12,22H,2-3,6-8,10H2,1H3/t12-/m1/s1. The van der Waals surface area contributed by atoms with Crippen molar-refractivity contribution in [3.63, 3.8) is 0 Å². The summed E-state index contributed by atoms with van der Waals surface area (Å²) in [5.41, 5.74) is -0.393. The Labute approximate surface area is 148 Å². The molecular weight excluding hydrogens is 356 g/mol. The van der Waals surface area contributed by atoms with Gasteiger partial charge in [0.05, 0.1) is 12.6 Å². The van der Waals surface area contributed by atoms with Crippen LogP contribution in [-0.4, -0.2) is 43.6 Å². The molecule has 1 aliphatic carbocycles. The molecule has 5 nitrogen and oxygen atoms in total. The van der Waals surface area contributed by atoms with Crippen molar-refractivity contribution in [1.29, 1.82) is 0 Å². The van der Waals surface area contributed by atoms with Crippen LogP contribution in [0.5, 0.6) is 5.75 Å². The van der Waals surface area contributed by atoms with E-state index in [9.17, 15) is 22.4 Å². The molecule has 144 valence electrons. The Bertz CT molecular complexity index is 670. The van der Waals surface area contributed by atoms with E-state index in [1.54, 1.807) is 0 Å².